The van der Waals surface area contributed by atoms with Crippen molar-refractivity contribution >= 4 is 51.5 Å². The summed E-state index contributed by atoms with van der Waals surface area (Å²) >= 11 is 2.31. The van der Waals surface area contributed by atoms with Gasteiger partial charge in [-0.1, -0.05) is 60.7 Å². The van der Waals surface area contributed by atoms with Crippen molar-refractivity contribution in [1.82, 2.24) is 9.97 Å². The van der Waals surface area contributed by atoms with E-state index in [1.165, 1.54) is 11.1 Å². The third-order valence-corrected chi connectivity index (χ3v) is 5.46. The van der Waals surface area contributed by atoms with Crippen LogP contribution < -0.4 is 11.1 Å². The zero-order valence-electron chi connectivity index (χ0n) is 16.6. The summed E-state index contributed by atoms with van der Waals surface area (Å²) in [5, 5.41) is 4.44. The van der Waals surface area contributed by atoms with Crippen LogP contribution in [-0.2, 0) is 0 Å². The minimum absolute atomic E-state index is 0.652. The van der Waals surface area contributed by atoms with Crippen LogP contribution in [0.5, 0.6) is 0 Å². The van der Waals surface area contributed by atoms with Crippen molar-refractivity contribution in [2.45, 2.75) is 6.42 Å². The second-order valence-corrected chi connectivity index (χ2v) is 8.23. The lowest BCUT2D eigenvalue weighted by Crippen LogP contribution is -2.10. The highest BCUT2D eigenvalue weighted by Crippen LogP contribution is 2.24. The molecule has 4 aromatic rings. The van der Waals surface area contributed by atoms with E-state index in [9.17, 15) is 0 Å². The molecule has 0 aliphatic carbocycles. The number of benzene rings is 3. The van der Waals surface area contributed by atoms with Crippen molar-refractivity contribution < 1.29 is 0 Å². The fourth-order valence-electron chi connectivity index (χ4n) is 3.22. The molecule has 0 atom stereocenters. The van der Waals surface area contributed by atoms with Crippen LogP contribution in [0.15, 0.2) is 72.8 Å². The first-order chi connectivity index (χ1) is 14.7. The first kappa shape index (κ1) is 20.5. The molecule has 0 aliphatic rings. The predicted molar refractivity (Wildman–Crippen MR) is 135 cm³/mol. The molecule has 0 spiro atoms. The third kappa shape index (κ3) is 5.04. The van der Waals surface area contributed by atoms with Crippen LogP contribution in [0.4, 0.5) is 5.82 Å². The quantitative estimate of drug-likeness (QED) is 0.245. The fraction of sp³-hybridized carbons (Fsp3) is 0.120. The van der Waals surface area contributed by atoms with Gasteiger partial charge in [-0.05, 0) is 76.5 Å². The Morgan fingerprint density at radius 2 is 1.63 bits per heavy atom. The zero-order valence-corrected chi connectivity index (χ0v) is 18.7. The summed E-state index contributed by atoms with van der Waals surface area (Å²) in [6.45, 7) is 1.44. The Morgan fingerprint density at radius 3 is 2.40 bits per heavy atom. The number of halogens is 1. The van der Waals surface area contributed by atoms with E-state index in [4.69, 9.17) is 15.7 Å². The van der Waals surface area contributed by atoms with Crippen LogP contribution in [0.25, 0.3) is 34.2 Å². The maximum atomic E-state index is 5.63. The minimum atomic E-state index is 0.652. The summed E-state index contributed by atoms with van der Waals surface area (Å²) in [6.07, 6.45) is 4.91. The van der Waals surface area contributed by atoms with Gasteiger partial charge < -0.3 is 11.1 Å². The van der Waals surface area contributed by atoms with Gasteiger partial charge in [0.15, 0.2) is 5.82 Å². The van der Waals surface area contributed by atoms with E-state index < -0.39 is 0 Å². The summed E-state index contributed by atoms with van der Waals surface area (Å²) in [4.78, 5) is 9.46. The van der Waals surface area contributed by atoms with E-state index in [-0.39, 0.29) is 0 Å². The van der Waals surface area contributed by atoms with E-state index in [0.29, 0.717) is 12.4 Å². The van der Waals surface area contributed by atoms with Crippen molar-refractivity contribution in [2.24, 2.45) is 5.73 Å². The highest BCUT2D eigenvalue weighted by atomic mass is 127. The number of aromatic nitrogens is 2. The van der Waals surface area contributed by atoms with Gasteiger partial charge in [-0.2, -0.15) is 0 Å². The van der Waals surface area contributed by atoms with Crippen LogP contribution in [0.3, 0.4) is 0 Å². The average molecular weight is 506 g/mol. The summed E-state index contributed by atoms with van der Waals surface area (Å²) in [7, 11) is 0. The zero-order chi connectivity index (χ0) is 20.8. The highest BCUT2D eigenvalue weighted by molar-refractivity contribution is 14.1. The third-order valence-electron chi connectivity index (χ3n) is 4.79. The topological polar surface area (TPSA) is 63.8 Å². The monoisotopic (exact) mass is 506 g/mol. The lowest BCUT2D eigenvalue weighted by Gasteiger charge is -2.10. The van der Waals surface area contributed by atoms with Crippen LogP contribution in [0, 0.1) is 3.57 Å². The molecule has 0 aliphatic heterocycles. The van der Waals surface area contributed by atoms with E-state index in [0.717, 1.165) is 38.8 Å². The summed E-state index contributed by atoms with van der Waals surface area (Å²) < 4.78 is 1.16. The Morgan fingerprint density at radius 1 is 0.867 bits per heavy atom. The number of nitrogens with one attached hydrogen (secondary N) is 1. The van der Waals surface area contributed by atoms with Gasteiger partial charge in [0, 0.05) is 15.5 Å². The standard InChI is InChI=1S/C25H23IN4/c26-21-12-13-23-22(17-21)25(28-16-4-15-27)30-24(29-23)14-9-18-7-10-20(11-8-18)19-5-2-1-3-6-19/h1-3,5-14,17H,4,15-16,27H2,(H,28,29,30). The minimum Gasteiger partial charge on any atom is -0.369 e. The lowest BCUT2D eigenvalue weighted by molar-refractivity contribution is 0.870. The second kappa shape index (κ2) is 9.82. The number of nitrogens with zero attached hydrogens (tertiary/aromatic N) is 2. The number of hydrogen-bond acceptors (Lipinski definition) is 4. The average Bonchev–Trinajstić information content (AvgIpc) is 2.79. The fourth-order valence-corrected chi connectivity index (χ4v) is 3.72. The molecule has 3 aromatic carbocycles. The number of anilines is 1. The molecule has 0 fully saturated rings. The molecule has 0 bridgehead atoms. The number of fused-ring (bicyclic) bond motifs is 1. The van der Waals surface area contributed by atoms with Gasteiger partial charge in [-0.3, -0.25) is 0 Å². The molecule has 1 aromatic heterocycles. The lowest BCUT2D eigenvalue weighted by atomic mass is 10.0. The first-order valence-corrected chi connectivity index (χ1v) is 11.1. The molecule has 1 heterocycles. The normalized spacial score (nSPS) is 11.3. The first-order valence-electron chi connectivity index (χ1n) is 9.98. The molecule has 30 heavy (non-hydrogen) atoms. The van der Waals surface area contributed by atoms with Gasteiger partial charge in [0.05, 0.1) is 5.52 Å². The van der Waals surface area contributed by atoms with Gasteiger partial charge in [0.2, 0.25) is 0 Å². The van der Waals surface area contributed by atoms with Gasteiger partial charge in [-0.25, -0.2) is 9.97 Å². The van der Waals surface area contributed by atoms with Gasteiger partial charge in [0.25, 0.3) is 0 Å². The Bertz CT molecular complexity index is 1160. The van der Waals surface area contributed by atoms with Crippen LogP contribution >= 0.6 is 22.6 Å². The Labute approximate surface area is 190 Å². The predicted octanol–water partition coefficient (Wildman–Crippen LogP) is 5.83. The summed E-state index contributed by atoms with van der Waals surface area (Å²) in [5.74, 6) is 1.54. The Kier molecular flexibility index (Phi) is 6.71. The van der Waals surface area contributed by atoms with Crippen molar-refractivity contribution in [1.29, 1.82) is 0 Å². The molecular weight excluding hydrogens is 483 g/mol. The molecule has 0 saturated heterocycles. The largest absolute Gasteiger partial charge is 0.369 e. The molecule has 3 N–H and O–H groups in total. The SMILES string of the molecule is NCCCNc1nc(C=Cc2ccc(-c3ccccc3)cc2)nc2ccc(I)cc12. The number of rotatable bonds is 7. The van der Waals surface area contributed by atoms with E-state index >= 15 is 0 Å². The van der Waals surface area contributed by atoms with Crippen molar-refractivity contribution in [2.75, 3.05) is 18.4 Å². The molecule has 4 nitrogen and oxygen atoms in total. The molecule has 5 heteroatoms. The maximum absolute atomic E-state index is 5.63. The van der Waals surface area contributed by atoms with Gasteiger partial charge in [0.1, 0.15) is 5.82 Å². The van der Waals surface area contributed by atoms with Crippen molar-refractivity contribution in [3.63, 3.8) is 0 Å². The van der Waals surface area contributed by atoms with Crippen molar-refractivity contribution in [3.05, 3.63) is 87.8 Å². The van der Waals surface area contributed by atoms with Crippen molar-refractivity contribution in [3.8, 4) is 11.1 Å². The van der Waals surface area contributed by atoms with Crippen LogP contribution in [-0.4, -0.2) is 23.1 Å². The molecule has 0 radical (unpaired) electrons. The van der Waals surface area contributed by atoms with Crippen LogP contribution in [0.2, 0.25) is 0 Å². The maximum Gasteiger partial charge on any atom is 0.154 e. The van der Waals surface area contributed by atoms with Crippen LogP contribution in [0.1, 0.15) is 17.8 Å². The highest BCUT2D eigenvalue weighted by Gasteiger charge is 2.07. The number of nitrogens with two attached hydrogens (primary N) is 1. The second-order valence-electron chi connectivity index (χ2n) is 6.98. The smallest absolute Gasteiger partial charge is 0.154 e. The molecule has 0 unspecified atom stereocenters. The summed E-state index contributed by atoms with van der Waals surface area (Å²) in [6, 6.07) is 25.1. The van der Waals surface area contributed by atoms with E-state index in [1.54, 1.807) is 0 Å². The Hall–Kier alpha value is -2.77. The molecule has 150 valence electrons. The Balaban J connectivity index is 1.59. The number of hydrogen-bond donors (Lipinski definition) is 2. The molecule has 4 rings (SSSR count). The van der Waals surface area contributed by atoms with E-state index in [1.807, 2.05) is 24.3 Å². The summed E-state index contributed by atoms with van der Waals surface area (Å²) in [5.41, 5.74) is 10.1. The molecule has 0 amide bonds. The molecule has 0 saturated carbocycles. The van der Waals surface area contributed by atoms with E-state index in [2.05, 4.69) is 88.6 Å². The van der Waals surface area contributed by atoms with Gasteiger partial charge >= 0.3 is 0 Å². The molecular formula is C25H23IN4. The van der Waals surface area contributed by atoms with Gasteiger partial charge in [-0.15, -0.1) is 0 Å².